The molecule has 1 saturated heterocycles. The van der Waals surface area contributed by atoms with Crippen LogP contribution in [-0.4, -0.2) is 32.7 Å². The van der Waals surface area contributed by atoms with E-state index in [0.717, 1.165) is 11.6 Å². The lowest BCUT2D eigenvalue weighted by molar-refractivity contribution is -0.120. The summed E-state index contributed by atoms with van der Waals surface area (Å²) in [7, 11) is 0. The number of rotatable bonds is 4. The average Bonchev–Trinajstić information content (AvgIpc) is 2.87. The van der Waals surface area contributed by atoms with E-state index in [-0.39, 0.29) is 17.0 Å². The first-order valence-corrected chi connectivity index (χ1v) is 8.32. The molecular weight excluding hydrogens is 268 g/mol. The Balaban J connectivity index is 2.12. The van der Waals surface area contributed by atoms with Crippen molar-refractivity contribution in [1.82, 2.24) is 10.1 Å². The van der Waals surface area contributed by atoms with E-state index < -0.39 is 0 Å². The molecular formula is C12H18N2O2S2. The summed E-state index contributed by atoms with van der Waals surface area (Å²) in [5, 5.41) is 4.83. The van der Waals surface area contributed by atoms with Crippen LogP contribution in [-0.2, 0) is 4.79 Å². The molecule has 1 aromatic rings. The SMILES string of the molecule is CCC(=O)C(C)c1nc(C2SCCSC2C)no1. The van der Waals surface area contributed by atoms with Crippen LogP contribution >= 0.6 is 23.5 Å². The Morgan fingerprint density at radius 3 is 2.89 bits per heavy atom. The van der Waals surface area contributed by atoms with Gasteiger partial charge in [0.05, 0.1) is 11.2 Å². The monoisotopic (exact) mass is 286 g/mol. The molecule has 0 amide bonds. The van der Waals surface area contributed by atoms with Gasteiger partial charge in [-0.05, 0) is 6.92 Å². The smallest absolute Gasteiger partial charge is 0.236 e. The van der Waals surface area contributed by atoms with Gasteiger partial charge in [0, 0.05) is 23.2 Å². The van der Waals surface area contributed by atoms with Crippen molar-refractivity contribution < 1.29 is 9.32 Å². The standard InChI is InChI=1S/C12H18N2O2S2/c1-4-9(15)7(2)12-13-11(14-16-12)10-8(3)17-5-6-18-10/h7-8,10H,4-6H2,1-3H3. The molecule has 1 aliphatic rings. The van der Waals surface area contributed by atoms with Crippen LogP contribution in [0.25, 0.3) is 0 Å². The zero-order chi connectivity index (χ0) is 13.1. The lowest BCUT2D eigenvalue weighted by Gasteiger charge is -2.24. The van der Waals surface area contributed by atoms with Gasteiger partial charge in [0.15, 0.2) is 5.82 Å². The molecule has 0 aliphatic carbocycles. The number of hydrogen-bond donors (Lipinski definition) is 0. The summed E-state index contributed by atoms with van der Waals surface area (Å²) in [6.45, 7) is 5.87. The Hall–Kier alpha value is -0.490. The highest BCUT2D eigenvalue weighted by Crippen LogP contribution is 2.41. The van der Waals surface area contributed by atoms with Crippen molar-refractivity contribution in [2.24, 2.45) is 0 Å². The molecule has 0 spiro atoms. The Bertz CT molecular complexity index is 422. The molecule has 3 unspecified atom stereocenters. The Kier molecular flexibility index (Phi) is 4.72. The fourth-order valence-corrected chi connectivity index (χ4v) is 4.58. The minimum atomic E-state index is -0.284. The van der Waals surface area contributed by atoms with E-state index in [4.69, 9.17) is 4.52 Å². The van der Waals surface area contributed by atoms with Crippen molar-refractivity contribution in [2.45, 2.75) is 43.6 Å². The van der Waals surface area contributed by atoms with Gasteiger partial charge in [-0.1, -0.05) is 19.0 Å². The summed E-state index contributed by atoms with van der Waals surface area (Å²) in [5.41, 5.74) is 0. The molecule has 0 bridgehead atoms. The fraction of sp³-hybridized carbons (Fsp3) is 0.750. The fourth-order valence-electron chi connectivity index (χ4n) is 1.90. The summed E-state index contributed by atoms with van der Waals surface area (Å²) in [6.07, 6.45) is 0.503. The number of aromatic nitrogens is 2. The van der Waals surface area contributed by atoms with Crippen molar-refractivity contribution in [3.63, 3.8) is 0 Å². The van der Waals surface area contributed by atoms with E-state index in [2.05, 4.69) is 17.1 Å². The van der Waals surface area contributed by atoms with E-state index >= 15 is 0 Å². The molecule has 2 heterocycles. The molecule has 100 valence electrons. The van der Waals surface area contributed by atoms with Crippen molar-refractivity contribution in [2.75, 3.05) is 11.5 Å². The van der Waals surface area contributed by atoms with E-state index in [9.17, 15) is 4.79 Å². The largest absolute Gasteiger partial charge is 0.339 e. The topological polar surface area (TPSA) is 56.0 Å². The van der Waals surface area contributed by atoms with Crippen molar-refractivity contribution >= 4 is 29.3 Å². The normalized spacial score (nSPS) is 25.9. The number of Topliss-reactive ketones (excluding diaryl/α,β-unsaturated/α-hetero) is 1. The van der Waals surface area contributed by atoms with E-state index in [1.54, 1.807) is 0 Å². The van der Waals surface area contributed by atoms with E-state index in [1.165, 1.54) is 5.75 Å². The number of carbonyl (C=O) groups is 1. The maximum Gasteiger partial charge on any atom is 0.236 e. The van der Waals surface area contributed by atoms with Gasteiger partial charge in [0.25, 0.3) is 0 Å². The maximum atomic E-state index is 11.6. The molecule has 1 aromatic heterocycles. The van der Waals surface area contributed by atoms with Crippen LogP contribution < -0.4 is 0 Å². The molecule has 0 saturated carbocycles. The van der Waals surface area contributed by atoms with Crippen LogP contribution in [0.4, 0.5) is 0 Å². The lowest BCUT2D eigenvalue weighted by atomic mass is 10.1. The molecule has 18 heavy (non-hydrogen) atoms. The minimum Gasteiger partial charge on any atom is -0.339 e. The number of ketones is 1. The van der Waals surface area contributed by atoms with Gasteiger partial charge < -0.3 is 4.52 Å². The maximum absolute atomic E-state index is 11.6. The van der Waals surface area contributed by atoms with Gasteiger partial charge in [-0.3, -0.25) is 4.79 Å². The number of carbonyl (C=O) groups excluding carboxylic acids is 1. The van der Waals surface area contributed by atoms with Gasteiger partial charge in [0.1, 0.15) is 5.78 Å². The minimum absolute atomic E-state index is 0.143. The van der Waals surface area contributed by atoms with Crippen LogP contribution in [0.5, 0.6) is 0 Å². The predicted molar refractivity (Wildman–Crippen MR) is 75.1 cm³/mol. The second-order valence-corrected chi connectivity index (χ2v) is 7.13. The summed E-state index contributed by atoms with van der Waals surface area (Å²) >= 11 is 3.81. The van der Waals surface area contributed by atoms with Gasteiger partial charge in [-0.15, -0.1) is 11.8 Å². The Morgan fingerprint density at radius 1 is 1.50 bits per heavy atom. The molecule has 6 heteroatoms. The lowest BCUT2D eigenvalue weighted by Crippen LogP contribution is -2.17. The Labute approximate surface area is 116 Å². The quantitative estimate of drug-likeness (QED) is 0.848. The van der Waals surface area contributed by atoms with Crippen LogP contribution in [0, 0.1) is 0 Å². The summed E-state index contributed by atoms with van der Waals surface area (Å²) < 4.78 is 5.25. The van der Waals surface area contributed by atoms with E-state index in [1.807, 2.05) is 37.4 Å². The molecule has 1 fully saturated rings. The van der Waals surface area contributed by atoms with Gasteiger partial charge in [-0.25, -0.2) is 0 Å². The molecule has 4 nitrogen and oxygen atoms in total. The highest BCUT2D eigenvalue weighted by molar-refractivity contribution is 8.06. The van der Waals surface area contributed by atoms with Gasteiger partial charge in [-0.2, -0.15) is 16.7 Å². The highest BCUT2D eigenvalue weighted by atomic mass is 32.2. The third-order valence-corrected chi connectivity index (χ3v) is 6.19. The molecule has 1 aliphatic heterocycles. The first-order valence-electron chi connectivity index (χ1n) is 6.23. The van der Waals surface area contributed by atoms with Crippen LogP contribution in [0.1, 0.15) is 50.1 Å². The van der Waals surface area contributed by atoms with Crippen LogP contribution in [0.15, 0.2) is 4.52 Å². The molecule has 2 rings (SSSR count). The van der Waals surface area contributed by atoms with Crippen molar-refractivity contribution in [3.05, 3.63) is 11.7 Å². The number of thioether (sulfide) groups is 2. The molecule has 0 N–H and O–H groups in total. The van der Waals surface area contributed by atoms with Crippen molar-refractivity contribution in [1.29, 1.82) is 0 Å². The number of nitrogens with zero attached hydrogens (tertiary/aromatic N) is 2. The van der Waals surface area contributed by atoms with Crippen LogP contribution in [0.2, 0.25) is 0 Å². The van der Waals surface area contributed by atoms with Crippen molar-refractivity contribution in [3.8, 4) is 0 Å². The summed E-state index contributed by atoms with van der Waals surface area (Å²) in [5.74, 6) is 3.35. The summed E-state index contributed by atoms with van der Waals surface area (Å²) in [6, 6.07) is 0. The average molecular weight is 286 g/mol. The Morgan fingerprint density at radius 2 is 2.22 bits per heavy atom. The summed E-state index contributed by atoms with van der Waals surface area (Å²) in [4.78, 5) is 16.0. The second-order valence-electron chi connectivity index (χ2n) is 4.40. The molecule has 0 aromatic carbocycles. The molecule has 3 atom stereocenters. The zero-order valence-corrected chi connectivity index (χ0v) is 12.5. The third-order valence-electron chi connectivity index (χ3n) is 3.10. The van der Waals surface area contributed by atoms with Gasteiger partial charge >= 0.3 is 0 Å². The highest BCUT2D eigenvalue weighted by Gasteiger charge is 2.30. The first-order chi connectivity index (χ1) is 8.63. The zero-order valence-electron chi connectivity index (χ0n) is 10.9. The molecule has 0 radical (unpaired) electrons. The number of hydrogen-bond acceptors (Lipinski definition) is 6. The second kappa shape index (κ2) is 6.10. The first kappa shape index (κ1) is 13.9. The van der Waals surface area contributed by atoms with Crippen LogP contribution in [0.3, 0.4) is 0 Å². The predicted octanol–water partition coefficient (Wildman–Crippen LogP) is 3.06. The van der Waals surface area contributed by atoms with Gasteiger partial charge in [0.2, 0.25) is 5.89 Å². The van der Waals surface area contributed by atoms with E-state index in [0.29, 0.717) is 17.6 Å². The third kappa shape index (κ3) is 2.91.